The van der Waals surface area contributed by atoms with Crippen molar-refractivity contribution < 1.29 is 0 Å². The van der Waals surface area contributed by atoms with Crippen LogP contribution in [0, 0.1) is 13.8 Å². The summed E-state index contributed by atoms with van der Waals surface area (Å²) in [7, 11) is 1.91. The molecule has 1 aliphatic carbocycles. The molecule has 1 N–H and O–H groups in total. The molecule has 2 aromatic heterocycles. The number of benzene rings is 1. The third kappa shape index (κ3) is 2.53. The topological polar surface area (TPSA) is 60.0 Å². The van der Waals surface area contributed by atoms with E-state index in [1.54, 1.807) is 4.68 Å². The minimum absolute atomic E-state index is 0.618. The Morgan fingerprint density at radius 2 is 1.88 bits per heavy atom. The van der Waals surface area contributed by atoms with Crippen LogP contribution in [-0.4, -0.2) is 25.4 Å². The van der Waals surface area contributed by atoms with Crippen molar-refractivity contribution in [3.8, 4) is 5.69 Å². The Morgan fingerprint density at radius 3 is 2.54 bits per heavy atom. The third-order valence-electron chi connectivity index (χ3n) is 5.18. The smallest absolute Gasteiger partial charge is 0.159 e. The molecule has 5 rings (SSSR count). The van der Waals surface area contributed by atoms with Gasteiger partial charge in [-0.1, -0.05) is 12.1 Å². The van der Waals surface area contributed by atoms with Crippen LogP contribution in [0.25, 0.3) is 5.69 Å². The van der Waals surface area contributed by atoms with Crippen LogP contribution in [0.1, 0.15) is 46.7 Å². The molecule has 0 bridgehead atoms. The van der Waals surface area contributed by atoms with E-state index in [2.05, 4.69) is 47.6 Å². The fourth-order valence-electron chi connectivity index (χ4n) is 3.75. The fraction of sp³-hybridized carbons (Fsp3) is 0.350. The SMILES string of the molecule is Cc1cc(C2CC2)cc(C)c1-n1cc2c(n1)NC(c1ccn(C)n1)=NC2. The Labute approximate surface area is 152 Å². The van der Waals surface area contributed by atoms with Crippen LogP contribution >= 0.6 is 0 Å². The van der Waals surface area contributed by atoms with Gasteiger partial charge in [0.05, 0.1) is 12.2 Å². The maximum absolute atomic E-state index is 4.81. The fourth-order valence-corrected chi connectivity index (χ4v) is 3.75. The van der Waals surface area contributed by atoms with Crippen molar-refractivity contribution in [2.75, 3.05) is 5.32 Å². The van der Waals surface area contributed by atoms with Crippen LogP contribution in [-0.2, 0) is 13.6 Å². The minimum atomic E-state index is 0.618. The van der Waals surface area contributed by atoms with E-state index in [0.717, 1.165) is 28.8 Å². The molecule has 0 amide bonds. The number of fused-ring (bicyclic) bond motifs is 1. The maximum atomic E-state index is 4.81. The molecule has 6 heteroatoms. The number of nitrogens with one attached hydrogen (secondary N) is 1. The summed E-state index contributed by atoms with van der Waals surface area (Å²) in [6.45, 7) is 4.97. The second-order valence-electron chi connectivity index (χ2n) is 7.39. The van der Waals surface area contributed by atoms with Crippen LogP contribution in [0.3, 0.4) is 0 Å². The molecule has 1 saturated carbocycles. The van der Waals surface area contributed by atoms with E-state index in [4.69, 9.17) is 5.10 Å². The van der Waals surface area contributed by atoms with Crippen LogP contribution < -0.4 is 5.32 Å². The molecule has 0 spiro atoms. The number of hydrogen-bond donors (Lipinski definition) is 1. The van der Waals surface area contributed by atoms with Crippen LogP contribution in [0.15, 0.2) is 35.6 Å². The van der Waals surface area contributed by atoms with E-state index in [1.807, 2.05) is 24.0 Å². The normalized spacial score (nSPS) is 16.2. The predicted octanol–water partition coefficient (Wildman–Crippen LogP) is 3.47. The van der Waals surface area contributed by atoms with Gasteiger partial charge in [-0.2, -0.15) is 5.10 Å². The van der Waals surface area contributed by atoms with Gasteiger partial charge in [-0.3, -0.25) is 9.67 Å². The zero-order chi connectivity index (χ0) is 17.8. The molecule has 1 fully saturated rings. The molecule has 0 unspecified atom stereocenters. The first-order valence-electron chi connectivity index (χ1n) is 9.10. The highest BCUT2D eigenvalue weighted by Crippen LogP contribution is 2.41. The van der Waals surface area contributed by atoms with Gasteiger partial charge in [-0.15, -0.1) is 5.10 Å². The van der Waals surface area contributed by atoms with E-state index < -0.39 is 0 Å². The van der Waals surface area contributed by atoms with Crippen LogP contribution in [0.5, 0.6) is 0 Å². The number of aromatic nitrogens is 4. The number of aryl methyl sites for hydroxylation is 3. The summed E-state index contributed by atoms with van der Waals surface area (Å²) in [5, 5.41) is 12.6. The molecule has 0 radical (unpaired) electrons. The number of aliphatic imine (C=N–C) groups is 1. The molecule has 0 atom stereocenters. The van der Waals surface area contributed by atoms with Crippen LogP contribution in [0.2, 0.25) is 0 Å². The van der Waals surface area contributed by atoms with E-state index in [0.29, 0.717) is 6.54 Å². The van der Waals surface area contributed by atoms with E-state index >= 15 is 0 Å². The molecule has 3 aromatic rings. The molecule has 2 aliphatic rings. The Hall–Kier alpha value is -2.89. The highest BCUT2D eigenvalue weighted by Gasteiger charge is 2.25. The number of amidine groups is 1. The van der Waals surface area contributed by atoms with E-state index in [9.17, 15) is 0 Å². The minimum Gasteiger partial charge on any atom is -0.322 e. The standard InChI is InChI=1S/C20H22N6/c1-12-8-15(14-4-5-14)9-13(2)18(12)26-11-16-10-21-20(22-19(16)24-26)17-6-7-25(3)23-17/h6-9,11,14H,4-5,10H2,1-3H3,(H,21,22,24). The summed E-state index contributed by atoms with van der Waals surface area (Å²) in [6.07, 6.45) is 6.66. The average Bonchev–Trinajstić information content (AvgIpc) is 3.24. The number of hydrogen-bond acceptors (Lipinski definition) is 4. The Morgan fingerprint density at radius 1 is 1.12 bits per heavy atom. The van der Waals surface area contributed by atoms with Crippen molar-refractivity contribution in [3.63, 3.8) is 0 Å². The van der Waals surface area contributed by atoms with Gasteiger partial charge in [0.25, 0.3) is 0 Å². The van der Waals surface area contributed by atoms with Gasteiger partial charge >= 0.3 is 0 Å². The molecule has 1 aromatic carbocycles. The monoisotopic (exact) mass is 346 g/mol. The second-order valence-corrected chi connectivity index (χ2v) is 7.39. The van der Waals surface area contributed by atoms with Crippen molar-refractivity contribution in [2.24, 2.45) is 12.0 Å². The lowest BCUT2D eigenvalue weighted by molar-refractivity contribution is 0.764. The molecule has 26 heavy (non-hydrogen) atoms. The lowest BCUT2D eigenvalue weighted by atomic mass is 10.0. The first-order valence-corrected chi connectivity index (χ1v) is 9.10. The van der Waals surface area contributed by atoms with Gasteiger partial charge in [0.2, 0.25) is 0 Å². The second kappa shape index (κ2) is 5.56. The summed E-state index contributed by atoms with van der Waals surface area (Å²) in [6, 6.07) is 6.60. The van der Waals surface area contributed by atoms with Gasteiger partial charge in [0, 0.05) is 25.0 Å². The molecule has 132 valence electrons. The summed E-state index contributed by atoms with van der Waals surface area (Å²) in [4.78, 5) is 4.63. The van der Waals surface area contributed by atoms with Gasteiger partial charge in [0.15, 0.2) is 11.7 Å². The molecule has 3 heterocycles. The molecule has 0 saturated heterocycles. The Bertz CT molecular complexity index is 1010. The largest absolute Gasteiger partial charge is 0.322 e. The number of rotatable bonds is 3. The summed E-state index contributed by atoms with van der Waals surface area (Å²) in [5.74, 6) is 2.41. The number of anilines is 1. The molecular weight excluding hydrogens is 324 g/mol. The third-order valence-corrected chi connectivity index (χ3v) is 5.18. The van der Waals surface area contributed by atoms with Crippen molar-refractivity contribution in [1.82, 2.24) is 19.6 Å². The zero-order valence-electron chi connectivity index (χ0n) is 15.3. The molecule has 1 aliphatic heterocycles. The van der Waals surface area contributed by atoms with Gasteiger partial charge in [-0.25, -0.2) is 4.68 Å². The highest BCUT2D eigenvalue weighted by molar-refractivity contribution is 6.07. The quantitative estimate of drug-likeness (QED) is 0.790. The molecular formula is C20H22N6. The summed E-state index contributed by atoms with van der Waals surface area (Å²) < 4.78 is 3.78. The highest BCUT2D eigenvalue weighted by atomic mass is 15.3. The first kappa shape index (κ1) is 15.4. The Kier molecular flexibility index (Phi) is 3.29. The lowest BCUT2D eigenvalue weighted by Gasteiger charge is -2.13. The van der Waals surface area contributed by atoms with Gasteiger partial charge in [-0.05, 0) is 55.4 Å². The first-order chi connectivity index (χ1) is 12.6. The van der Waals surface area contributed by atoms with Crippen molar-refractivity contribution in [2.45, 2.75) is 39.2 Å². The van der Waals surface area contributed by atoms with Crippen molar-refractivity contribution in [1.29, 1.82) is 0 Å². The molecule has 6 nitrogen and oxygen atoms in total. The van der Waals surface area contributed by atoms with Gasteiger partial charge in [0.1, 0.15) is 5.69 Å². The Balaban J connectivity index is 1.48. The van der Waals surface area contributed by atoms with Crippen LogP contribution in [0.4, 0.5) is 5.82 Å². The van der Waals surface area contributed by atoms with E-state index in [-0.39, 0.29) is 0 Å². The summed E-state index contributed by atoms with van der Waals surface area (Å²) in [5.41, 5.74) is 7.14. The zero-order valence-corrected chi connectivity index (χ0v) is 15.3. The average molecular weight is 346 g/mol. The summed E-state index contributed by atoms with van der Waals surface area (Å²) >= 11 is 0. The van der Waals surface area contributed by atoms with Crippen molar-refractivity contribution in [3.05, 3.63) is 58.5 Å². The predicted molar refractivity (Wildman–Crippen MR) is 102 cm³/mol. The maximum Gasteiger partial charge on any atom is 0.159 e. The van der Waals surface area contributed by atoms with E-state index in [1.165, 1.54) is 35.2 Å². The number of nitrogens with zero attached hydrogens (tertiary/aromatic N) is 5. The van der Waals surface area contributed by atoms with Crippen molar-refractivity contribution >= 4 is 11.7 Å². The van der Waals surface area contributed by atoms with Gasteiger partial charge < -0.3 is 5.32 Å². The lowest BCUT2D eigenvalue weighted by Crippen LogP contribution is -2.19.